The summed E-state index contributed by atoms with van der Waals surface area (Å²) in [6.45, 7) is 1.80. The van der Waals surface area contributed by atoms with Crippen molar-refractivity contribution in [1.29, 1.82) is 0 Å². The van der Waals surface area contributed by atoms with Gasteiger partial charge in [0, 0.05) is 42.3 Å². The second-order valence-corrected chi connectivity index (χ2v) is 8.16. The van der Waals surface area contributed by atoms with Gasteiger partial charge in [-0.15, -0.1) is 0 Å². The summed E-state index contributed by atoms with van der Waals surface area (Å²) in [6.07, 6.45) is 4.97. The number of anilines is 1. The number of carboxylic acid groups (broad SMARTS) is 1. The van der Waals surface area contributed by atoms with E-state index in [0.29, 0.717) is 30.8 Å². The van der Waals surface area contributed by atoms with Gasteiger partial charge in [0.25, 0.3) is 0 Å². The molecule has 1 aliphatic heterocycles. The Bertz CT molecular complexity index is 1080. The molecule has 2 fully saturated rings. The topological polar surface area (TPSA) is 74.6 Å². The number of pyridine rings is 1. The van der Waals surface area contributed by atoms with Crippen molar-refractivity contribution in [2.24, 2.45) is 0 Å². The van der Waals surface area contributed by atoms with Crippen molar-refractivity contribution in [2.45, 2.75) is 31.7 Å². The first-order valence-corrected chi connectivity index (χ1v) is 10.2. The van der Waals surface area contributed by atoms with Gasteiger partial charge in [0.1, 0.15) is 11.4 Å². The van der Waals surface area contributed by atoms with Crippen molar-refractivity contribution >= 4 is 34.2 Å². The van der Waals surface area contributed by atoms with Gasteiger partial charge in [-0.25, -0.2) is 9.18 Å². The maximum absolute atomic E-state index is 15.0. The highest BCUT2D eigenvalue weighted by Gasteiger charge is 2.28. The number of hydrogen-bond acceptors (Lipinski definition) is 4. The fraction of sp³-hybridized carbons (Fsp3) is 0.429. The van der Waals surface area contributed by atoms with Crippen molar-refractivity contribution in [3.05, 3.63) is 50.5 Å². The molecule has 2 aromatic rings. The fourth-order valence-electron chi connectivity index (χ4n) is 3.99. The number of nitrogens with zero attached hydrogens (tertiary/aromatic N) is 2. The third-order valence-corrected chi connectivity index (χ3v) is 6.02. The van der Waals surface area contributed by atoms with Crippen LogP contribution in [-0.2, 0) is 0 Å². The summed E-state index contributed by atoms with van der Waals surface area (Å²) < 4.78 is 16.9. The van der Waals surface area contributed by atoms with Gasteiger partial charge in [-0.2, -0.15) is 0 Å². The van der Waals surface area contributed by atoms with E-state index < -0.39 is 17.2 Å². The zero-order valence-electron chi connectivity index (χ0n) is 16.2. The highest BCUT2D eigenvalue weighted by atomic mass is 35.5. The van der Waals surface area contributed by atoms with Gasteiger partial charge in [-0.1, -0.05) is 11.6 Å². The molecule has 8 heteroatoms. The van der Waals surface area contributed by atoms with Crippen molar-refractivity contribution in [3.63, 3.8) is 0 Å². The Morgan fingerprint density at radius 3 is 2.79 bits per heavy atom. The zero-order valence-corrected chi connectivity index (χ0v) is 16.9. The lowest BCUT2D eigenvalue weighted by molar-refractivity contribution is 0.0695. The molecule has 1 saturated carbocycles. The van der Waals surface area contributed by atoms with Crippen LogP contribution in [0.2, 0.25) is 0 Å². The number of benzene rings is 1. The van der Waals surface area contributed by atoms with Gasteiger partial charge in [0.15, 0.2) is 0 Å². The number of piperidine rings is 1. The van der Waals surface area contributed by atoms with Gasteiger partial charge < -0.3 is 19.9 Å². The Labute approximate surface area is 172 Å². The molecule has 154 valence electrons. The van der Waals surface area contributed by atoms with E-state index in [-0.39, 0.29) is 17.0 Å². The van der Waals surface area contributed by atoms with E-state index >= 15 is 4.39 Å². The normalized spacial score (nSPS) is 18.9. The second-order valence-electron chi connectivity index (χ2n) is 7.70. The Kier molecular flexibility index (Phi) is 5.36. The lowest BCUT2D eigenvalue weighted by Gasteiger charge is -2.32. The van der Waals surface area contributed by atoms with Crippen molar-refractivity contribution in [2.75, 3.05) is 31.6 Å². The minimum absolute atomic E-state index is 0.110. The molecule has 0 unspecified atom stereocenters. The summed E-state index contributed by atoms with van der Waals surface area (Å²) in [5, 5.41) is 13.3. The van der Waals surface area contributed by atoms with Crippen LogP contribution in [0.3, 0.4) is 0 Å². The number of nitrogens with one attached hydrogen (secondary N) is 1. The average molecular weight is 420 g/mol. The molecule has 1 saturated heterocycles. The van der Waals surface area contributed by atoms with Gasteiger partial charge in [-0.3, -0.25) is 4.79 Å². The highest BCUT2D eigenvalue weighted by molar-refractivity contribution is 6.30. The number of likely N-dealkylation sites (N-methyl/N-ethyl adjacent to an activating group) is 1. The Balaban J connectivity index is 1.82. The van der Waals surface area contributed by atoms with Crippen LogP contribution in [0.4, 0.5) is 10.1 Å². The largest absolute Gasteiger partial charge is 0.477 e. The Hall–Kier alpha value is -2.38. The zero-order chi connectivity index (χ0) is 20.7. The summed E-state index contributed by atoms with van der Waals surface area (Å²) in [5.41, 5.74) is 1.11. The van der Waals surface area contributed by atoms with E-state index in [1.807, 2.05) is 16.5 Å². The van der Waals surface area contributed by atoms with Crippen LogP contribution in [0.5, 0.6) is 0 Å². The molecule has 2 heterocycles. The molecule has 0 bridgehead atoms. The molecule has 4 rings (SSSR count). The summed E-state index contributed by atoms with van der Waals surface area (Å²) in [7, 11) is 1.83. The smallest absolute Gasteiger partial charge is 0.341 e. The summed E-state index contributed by atoms with van der Waals surface area (Å²) in [4.78, 5) is 26.0. The van der Waals surface area contributed by atoms with Crippen LogP contribution in [0.1, 0.15) is 42.1 Å². The van der Waals surface area contributed by atoms with E-state index in [1.54, 1.807) is 6.07 Å². The van der Waals surface area contributed by atoms with Gasteiger partial charge in [-0.05, 0) is 50.4 Å². The van der Waals surface area contributed by atoms with Crippen LogP contribution in [-0.4, -0.2) is 42.3 Å². The summed E-state index contributed by atoms with van der Waals surface area (Å²) in [5.74, 6) is -1.81. The number of rotatable bonds is 5. The summed E-state index contributed by atoms with van der Waals surface area (Å²) in [6, 6.07) is 3.02. The van der Waals surface area contributed by atoms with E-state index in [2.05, 4.69) is 5.32 Å². The molecule has 2 N–H and O–H groups in total. The first kappa shape index (κ1) is 19.9. The quantitative estimate of drug-likeness (QED) is 0.776. The van der Waals surface area contributed by atoms with Crippen LogP contribution in [0.15, 0.2) is 33.7 Å². The number of aromatic nitrogens is 1. The molecule has 6 nitrogen and oxygen atoms in total. The number of aromatic carboxylic acids is 1. The molecular weight excluding hydrogens is 397 g/mol. The lowest BCUT2D eigenvalue weighted by atomic mass is 10.0. The fourth-order valence-corrected chi connectivity index (χ4v) is 4.28. The van der Waals surface area contributed by atoms with Crippen LogP contribution in [0.25, 0.3) is 10.9 Å². The molecule has 0 atom stereocenters. The van der Waals surface area contributed by atoms with Crippen molar-refractivity contribution in [1.82, 2.24) is 9.88 Å². The van der Waals surface area contributed by atoms with Crippen molar-refractivity contribution < 1.29 is 14.3 Å². The van der Waals surface area contributed by atoms with Gasteiger partial charge >= 0.3 is 5.97 Å². The van der Waals surface area contributed by atoms with E-state index in [0.717, 1.165) is 36.3 Å². The molecule has 0 amide bonds. The van der Waals surface area contributed by atoms with Gasteiger partial charge in [0.05, 0.1) is 11.2 Å². The number of carbonyl (C=O) groups is 1. The maximum Gasteiger partial charge on any atom is 0.341 e. The molecular formula is C21H23ClFN3O3. The molecule has 1 aromatic heterocycles. The molecule has 1 aromatic carbocycles. The van der Waals surface area contributed by atoms with E-state index in [4.69, 9.17) is 11.6 Å². The van der Waals surface area contributed by atoms with E-state index in [1.165, 1.54) is 12.3 Å². The monoisotopic (exact) mass is 419 g/mol. The maximum atomic E-state index is 15.0. The van der Waals surface area contributed by atoms with Gasteiger partial charge in [0.2, 0.25) is 5.43 Å². The average Bonchev–Trinajstić information content (AvgIpc) is 3.53. The number of halogens is 2. The predicted octanol–water partition coefficient (Wildman–Crippen LogP) is 3.49. The van der Waals surface area contributed by atoms with Crippen molar-refractivity contribution in [3.8, 4) is 0 Å². The first-order chi connectivity index (χ1) is 13.9. The lowest BCUT2D eigenvalue weighted by Crippen LogP contribution is -2.33. The number of hydrogen-bond donors (Lipinski definition) is 2. The number of fused-ring (bicyclic) bond motifs is 1. The van der Waals surface area contributed by atoms with Crippen LogP contribution in [0, 0.1) is 5.82 Å². The highest BCUT2D eigenvalue weighted by Crippen LogP contribution is 2.38. The number of carboxylic acids is 1. The summed E-state index contributed by atoms with van der Waals surface area (Å²) >= 11 is 6.39. The van der Waals surface area contributed by atoms with Crippen LogP contribution >= 0.6 is 11.6 Å². The Morgan fingerprint density at radius 2 is 2.14 bits per heavy atom. The minimum atomic E-state index is -1.29. The first-order valence-electron chi connectivity index (χ1n) is 9.78. The SMILES string of the molecule is CNCC(Cl)=C1CCCN(c2cc3c(cc2F)c(=O)c(C(=O)O)cn3C2CC2)C1. The molecule has 0 spiro atoms. The standard InChI is InChI=1S/C21H23ClFN3O3/c1-24-9-16(22)12-3-2-6-25(10-12)19-8-18-14(7-17(19)23)20(27)15(21(28)29)11-26(18)13-4-5-13/h7-8,11,13,24H,2-6,9-10H2,1H3,(H,28,29). The Morgan fingerprint density at radius 1 is 1.38 bits per heavy atom. The van der Waals surface area contributed by atoms with Crippen LogP contribution < -0.4 is 15.6 Å². The predicted molar refractivity (Wildman–Crippen MR) is 112 cm³/mol. The molecule has 1 aliphatic carbocycles. The molecule has 29 heavy (non-hydrogen) atoms. The van der Waals surface area contributed by atoms with E-state index in [9.17, 15) is 14.7 Å². The molecule has 0 radical (unpaired) electrons. The second kappa shape index (κ2) is 7.80. The third-order valence-electron chi connectivity index (χ3n) is 5.62. The third kappa shape index (κ3) is 3.76. The minimum Gasteiger partial charge on any atom is -0.477 e. The molecule has 2 aliphatic rings.